The topological polar surface area (TPSA) is 41.5 Å². The number of carbonyl (C=O) groups excluding carboxylic acids is 1. The molecule has 0 saturated heterocycles. The smallest absolute Gasteiger partial charge is 0.267 e. The third kappa shape index (κ3) is 3.51. The van der Waals surface area contributed by atoms with Gasteiger partial charge in [-0.25, -0.2) is 9.82 Å². The SMILES string of the molecule is CC/C(=N/NC(=O)c1ccccc1)c1ccc(F)cc1. The number of nitrogens with zero attached hydrogens (tertiary/aromatic N) is 1. The molecule has 102 valence electrons. The lowest BCUT2D eigenvalue weighted by Crippen LogP contribution is -2.19. The lowest BCUT2D eigenvalue weighted by molar-refractivity contribution is 0.0955. The molecule has 0 aliphatic rings. The van der Waals surface area contributed by atoms with Crippen LogP contribution < -0.4 is 5.43 Å². The summed E-state index contributed by atoms with van der Waals surface area (Å²) in [5.74, 6) is -0.559. The summed E-state index contributed by atoms with van der Waals surface area (Å²) in [4.78, 5) is 11.9. The van der Waals surface area contributed by atoms with Crippen molar-refractivity contribution in [3.8, 4) is 0 Å². The number of carbonyl (C=O) groups is 1. The predicted molar refractivity (Wildman–Crippen MR) is 77.1 cm³/mol. The van der Waals surface area contributed by atoms with Gasteiger partial charge in [0, 0.05) is 5.56 Å². The van der Waals surface area contributed by atoms with E-state index in [4.69, 9.17) is 0 Å². The minimum absolute atomic E-state index is 0.265. The van der Waals surface area contributed by atoms with Crippen LogP contribution in [0.2, 0.25) is 0 Å². The van der Waals surface area contributed by atoms with Gasteiger partial charge in [0.05, 0.1) is 5.71 Å². The average molecular weight is 270 g/mol. The quantitative estimate of drug-likeness (QED) is 0.671. The largest absolute Gasteiger partial charge is 0.271 e. The number of hydrazone groups is 1. The van der Waals surface area contributed by atoms with E-state index < -0.39 is 0 Å². The Balaban J connectivity index is 2.12. The van der Waals surface area contributed by atoms with Crippen LogP contribution in [0.25, 0.3) is 0 Å². The Morgan fingerprint density at radius 3 is 2.30 bits per heavy atom. The summed E-state index contributed by atoms with van der Waals surface area (Å²) in [7, 11) is 0. The van der Waals surface area contributed by atoms with Crippen LogP contribution in [0.15, 0.2) is 59.7 Å². The third-order valence-electron chi connectivity index (χ3n) is 2.84. The number of nitrogens with one attached hydrogen (secondary N) is 1. The number of rotatable bonds is 4. The monoisotopic (exact) mass is 270 g/mol. The van der Waals surface area contributed by atoms with Crippen LogP contribution in [0.1, 0.15) is 29.3 Å². The zero-order valence-electron chi connectivity index (χ0n) is 11.1. The molecule has 2 aromatic rings. The number of benzene rings is 2. The first-order chi connectivity index (χ1) is 9.70. The summed E-state index contributed by atoms with van der Waals surface area (Å²) in [5.41, 5.74) is 4.56. The molecular formula is C16H15FN2O. The molecule has 2 aromatic carbocycles. The Morgan fingerprint density at radius 2 is 1.70 bits per heavy atom. The Labute approximate surface area is 117 Å². The van der Waals surface area contributed by atoms with Gasteiger partial charge in [-0.15, -0.1) is 0 Å². The van der Waals surface area contributed by atoms with Crippen LogP contribution in [0, 0.1) is 5.82 Å². The molecule has 0 bridgehead atoms. The highest BCUT2D eigenvalue weighted by Crippen LogP contribution is 2.07. The highest BCUT2D eigenvalue weighted by Gasteiger charge is 2.05. The first-order valence-electron chi connectivity index (χ1n) is 6.38. The van der Waals surface area contributed by atoms with Crippen molar-refractivity contribution in [1.82, 2.24) is 5.43 Å². The lowest BCUT2D eigenvalue weighted by Gasteiger charge is -2.05. The van der Waals surface area contributed by atoms with E-state index in [1.807, 2.05) is 13.0 Å². The highest BCUT2D eigenvalue weighted by atomic mass is 19.1. The molecule has 0 heterocycles. The van der Waals surface area contributed by atoms with E-state index in [0.717, 1.165) is 5.56 Å². The summed E-state index contributed by atoms with van der Waals surface area (Å²) in [5, 5.41) is 4.11. The third-order valence-corrected chi connectivity index (χ3v) is 2.84. The fraction of sp³-hybridized carbons (Fsp3) is 0.125. The fourth-order valence-corrected chi connectivity index (χ4v) is 1.76. The Hall–Kier alpha value is -2.49. The van der Waals surface area contributed by atoms with Crippen molar-refractivity contribution in [2.75, 3.05) is 0 Å². The second-order valence-corrected chi connectivity index (χ2v) is 4.23. The van der Waals surface area contributed by atoms with Gasteiger partial charge in [-0.2, -0.15) is 5.10 Å². The van der Waals surface area contributed by atoms with E-state index in [-0.39, 0.29) is 11.7 Å². The van der Waals surface area contributed by atoms with Crippen molar-refractivity contribution in [2.24, 2.45) is 5.10 Å². The van der Waals surface area contributed by atoms with E-state index in [9.17, 15) is 9.18 Å². The van der Waals surface area contributed by atoms with Crippen molar-refractivity contribution in [3.05, 3.63) is 71.5 Å². The molecule has 1 N–H and O–H groups in total. The van der Waals surface area contributed by atoms with E-state index >= 15 is 0 Å². The van der Waals surface area contributed by atoms with Crippen LogP contribution in [0.4, 0.5) is 4.39 Å². The summed E-state index contributed by atoms with van der Waals surface area (Å²) < 4.78 is 12.9. The van der Waals surface area contributed by atoms with Crippen molar-refractivity contribution >= 4 is 11.6 Å². The van der Waals surface area contributed by atoms with Crippen LogP contribution in [-0.2, 0) is 0 Å². The van der Waals surface area contributed by atoms with Gasteiger partial charge in [-0.1, -0.05) is 37.3 Å². The standard InChI is InChI=1S/C16H15FN2O/c1-2-15(12-8-10-14(17)11-9-12)18-19-16(20)13-6-4-3-5-7-13/h3-11H,2H2,1H3,(H,19,20)/b18-15-. The first kappa shape index (κ1) is 13.9. The maximum absolute atomic E-state index is 12.9. The molecule has 0 aromatic heterocycles. The van der Waals surface area contributed by atoms with Crippen LogP contribution in [0.5, 0.6) is 0 Å². The molecular weight excluding hydrogens is 255 g/mol. The second-order valence-electron chi connectivity index (χ2n) is 4.23. The molecule has 0 aliphatic heterocycles. The molecule has 0 radical (unpaired) electrons. The van der Waals surface area contributed by atoms with Crippen molar-refractivity contribution in [1.29, 1.82) is 0 Å². The van der Waals surface area contributed by atoms with Gasteiger partial charge in [-0.3, -0.25) is 4.79 Å². The predicted octanol–water partition coefficient (Wildman–Crippen LogP) is 3.37. The summed E-state index contributed by atoms with van der Waals surface area (Å²) in [6.45, 7) is 1.93. The van der Waals surface area contributed by atoms with Gasteiger partial charge in [-0.05, 0) is 36.2 Å². The molecule has 20 heavy (non-hydrogen) atoms. The summed E-state index contributed by atoms with van der Waals surface area (Å²) in [6.07, 6.45) is 0.640. The normalized spacial score (nSPS) is 11.2. The molecule has 2 rings (SSSR count). The van der Waals surface area contributed by atoms with Crippen molar-refractivity contribution in [3.63, 3.8) is 0 Å². The van der Waals surface area contributed by atoms with Crippen LogP contribution >= 0.6 is 0 Å². The molecule has 0 aliphatic carbocycles. The second kappa shape index (κ2) is 6.61. The molecule has 3 nitrogen and oxygen atoms in total. The van der Waals surface area contributed by atoms with E-state index in [1.54, 1.807) is 36.4 Å². The van der Waals surface area contributed by atoms with Crippen LogP contribution in [-0.4, -0.2) is 11.6 Å². The van der Waals surface area contributed by atoms with Gasteiger partial charge < -0.3 is 0 Å². The lowest BCUT2D eigenvalue weighted by atomic mass is 10.1. The molecule has 0 spiro atoms. The average Bonchev–Trinajstić information content (AvgIpc) is 2.50. The highest BCUT2D eigenvalue weighted by molar-refractivity contribution is 6.02. The number of hydrogen-bond acceptors (Lipinski definition) is 2. The van der Waals surface area contributed by atoms with Gasteiger partial charge in [0.1, 0.15) is 5.82 Å². The number of halogens is 1. The maximum atomic E-state index is 12.9. The summed E-state index contributed by atoms with van der Waals surface area (Å²) in [6, 6.07) is 14.9. The number of hydrogen-bond donors (Lipinski definition) is 1. The molecule has 4 heteroatoms. The van der Waals surface area contributed by atoms with Crippen molar-refractivity contribution in [2.45, 2.75) is 13.3 Å². The van der Waals surface area contributed by atoms with Gasteiger partial charge in [0.15, 0.2) is 0 Å². The molecule has 1 amide bonds. The molecule has 0 fully saturated rings. The molecule has 0 saturated carbocycles. The Morgan fingerprint density at radius 1 is 1.05 bits per heavy atom. The fourth-order valence-electron chi connectivity index (χ4n) is 1.76. The van der Waals surface area contributed by atoms with E-state index in [2.05, 4.69) is 10.5 Å². The van der Waals surface area contributed by atoms with E-state index in [0.29, 0.717) is 17.7 Å². The van der Waals surface area contributed by atoms with Gasteiger partial charge in [0.25, 0.3) is 5.91 Å². The number of amides is 1. The Kier molecular flexibility index (Phi) is 4.60. The zero-order chi connectivity index (χ0) is 14.4. The van der Waals surface area contributed by atoms with Gasteiger partial charge in [0.2, 0.25) is 0 Å². The van der Waals surface area contributed by atoms with Gasteiger partial charge >= 0.3 is 0 Å². The first-order valence-corrected chi connectivity index (χ1v) is 6.38. The molecule has 0 unspecified atom stereocenters. The molecule has 0 atom stereocenters. The zero-order valence-corrected chi connectivity index (χ0v) is 11.1. The maximum Gasteiger partial charge on any atom is 0.271 e. The van der Waals surface area contributed by atoms with Crippen LogP contribution in [0.3, 0.4) is 0 Å². The minimum Gasteiger partial charge on any atom is -0.267 e. The summed E-state index contributed by atoms with van der Waals surface area (Å²) >= 11 is 0. The van der Waals surface area contributed by atoms with Crippen molar-refractivity contribution < 1.29 is 9.18 Å². The minimum atomic E-state index is -0.294. The van der Waals surface area contributed by atoms with E-state index in [1.165, 1.54) is 12.1 Å². The Bertz CT molecular complexity index is 606.